The molecule has 0 saturated carbocycles. The second-order valence-corrected chi connectivity index (χ2v) is 5.70. The highest BCUT2D eigenvalue weighted by atomic mass is 32.2. The van der Waals surface area contributed by atoms with Crippen LogP contribution in [0.3, 0.4) is 0 Å². The fourth-order valence-corrected chi connectivity index (χ4v) is 3.28. The Morgan fingerprint density at radius 1 is 1.19 bits per heavy atom. The van der Waals surface area contributed by atoms with Crippen LogP contribution in [0.15, 0.2) is 28.8 Å². The molecule has 0 radical (unpaired) electrons. The lowest BCUT2D eigenvalue weighted by Gasteiger charge is -2.16. The molecule has 110 valence electrons. The lowest BCUT2D eigenvalue weighted by Crippen LogP contribution is -2.30. The van der Waals surface area contributed by atoms with Crippen molar-refractivity contribution < 1.29 is 14.6 Å². The average molecular weight is 308 g/mol. The van der Waals surface area contributed by atoms with Crippen molar-refractivity contribution in [1.29, 1.82) is 0 Å². The Hall–Kier alpha value is -1.62. The van der Waals surface area contributed by atoms with Gasteiger partial charge in [0.25, 0.3) is 0 Å². The van der Waals surface area contributed by atoms with E-state index in [1.165, 1.54) is 11.8 Å². The summed E-state index contributed by atoms with van der Waals surface area (Å²) in [6, 6.07) is 1.59. The average Bonchev–Trinajstić information content (AvgIpc) is 3.19. The summed E-state index contributed by atoms with van der Waals surface area (Å²) >= 11 is 1.27. The number of ether oxygens (including phenoxy) is 2. The van der Waals surface area contributed by atoms with Gasteiger partial charge in [0.15, 0.2) is 5.16 Å². The zero-order chi connectivity index (χ0) is 14.2. The molecular formula is C11H12N6O3S. The second kappa shape index (κ2) is 5.30. The zero-order valence-corrected chi connectivity index (χ0v) is 11.6. The first-order chi connectivity index (χ1) is 10.3. The van der Waals surface area contributed by atoms with E-state index in [2.05, 4.69) is 25.5 Å². The van der Waals surface area contributed by atoms with Gasteiger partial charge in [-0.2, -0.15) is 0 Å². The Kier molecular flexibility index (Phi) is 3.30. The minimum Gasteiger partial charge on any atom is -0.388 e. The van der Waals surface area contributed by atoms with Crippen LogP contribution >= 0.6 is 11.8 Å². The van der Waals surface area contributed by atoms with Crippen molar-refractivity contribution >= 4 is 11.8 Å². The highest BCUT2D eigenvalue weighted by Gasteiger charge is 2.49. The molecule has 21 heavy (non-hydrogen) atoms. The van der Waals surface area contributed by atoms with Gasteiger partial charge in [-0.25, -0.2) is 14.6 Å². The molecule has 10 heteroatoms. The number of hydrogen-bond acceptors (Lipinski definition) is 9. The first-order valence-electron chi connectivity index (χ1n) is 6.47. The van der Waals surface area contributed by atoms with E-state index in [1.807, 2.05) is 0 Å². The Morgan fingerprint density at radius 3 is 2.86 bits per heavy atom. The standard InChI is InChI=1S/C11H12N6O3S/c18-7-5-20-8-6(4-19-9(7)8)17-11(14-15-16-17)21-10-12-2-1-3-13-10/h1-3,6-9,18H,4-5H2/t6-,7-,8-,9+/m1/s1. The molecular weight excluding hydrogens is 296 g/mol. The maximum Gasteiger partial charge on any atom is 0.217 e. The number of fused-ring (bicyclic) bond motifs is 1. The third-order valence-corrected chi connectivity index (χ3v) is 4.35. The molecule has 4 rings (SSSR count). The molecule has 0 spiro atoms. The molecule has 0 unspecified atom stereocenters. The number of aliphatic hydroxyl groups is 1. The minimum absolute atomic E-state index is 0.159. The molecule has 2 aliphatic heterocycles. The molecule has 2 aromatic heterocycles. The summed E-state index contributed by atoms with van der Waals surface area (Å²) in [5, 5.41) is 22.6. The molecule has 0 bridgehead atoms. The molecule has 2 saturated heterocycles. The van der Waals surface area contributed by atoms with Crippen molar-refractivity contribution in [3.8, 4) is 0 Å². The molecule has 2 aromatic rings. The van der Waals surface area contributed by atoms with E-state index in [4.69, 9.17) is 9.47 Å². The lowest BCUT2D eigenvalue weighted by molar-refractivity contribution is 0.0167. The van der Waals surface area contributed by atoms with Gasteiger partial charge in [-0.05, 0) is 28.3 Å². The number of aromatic nitrogens is 6. The van der Waals surface area contributed by atoms with Gasteiger partial charge in [-0.15, -0.1) is 5.10 Å². The van der Waals surface area contributed by atoms with E-state index in [9.17, 15) is 5.11 Å². The van der Waals surface area contributed by atoms with Gasteiger partial charge in [0.1, 0.15) is 24.4 Å². The van der Waals surface area contributed by atoms with Gasteiger partial charge in [-0.1, -0.05) is 0 Å². The zero-order valence-electron chi connectivity index (χ0n) is 10.8. The molecule has 9 nitrogen and oxygen atoms in total. The fourth-order valence-electron chi connectivity index (χ4n) is 2.55. The van der Waals surface area contributed by atoms with Gasteiger partial charge < -0.3 is 14.6 Å². The molecule has 1 N–H and O–H groups in total. The third kappa shape index (κ3) is 2.29. The van der Waals surface area contributed by atoms with Crippen LogP contribution < -0.4 is 0 Å². The summed E-state index contributed by atoms with van der Waals surface area (Å²) in [5.41, 5.74) is 0. The van der Waals surface area contributed by atoms with Crippen LogP contribution in [0.1, 0.15) is 6.04 Å². The highest BCUT2D eigenvalue weighted by molar-refractivity contribution is 7.99. The summed E-state index contributed by atoms with van der Waals surface area (Å²) in [7, 11) is 0. The maximum atomic E-state index is 9.78. The predicted octanol–water partition coefficient (Wildman–Crippen LogP) is -0.686. The van der Waals surface area contributed by atoms with Crippen molar-refractivity contribution in [2.24, 2.45) is 0 Å². The van der Waals surface area contributed by atoms with E-state index in [0.29, 0.717) is 16.9 Å². The van der Waals surface area contributed by atoms with Crippen LogP contribution in [0, 0.1) is 0 Å². The molecule has 4 heterocycles. The number of tetrazole rings is 1. The lowest BCUT2D eigenvalue weighted by atomic mass is 10.1. The van der Waals surface area contributed by atoms with Gasteiger partial charge in [0, 0.05) is 12.4 Å². The molecule has 4 atom stereocenters. The summed E-state index contributed by atoms with van der Waals surface area (Å²) in [6.45, 7) is 0.679. The Balaban J connectivity index is 1.58. The molecule has 0 amide bonds. The fraction of sp³-hybridized carbons (Fsp3) is 0.545. The Labute approximate surface area is 123 Å². The van der Waals surface area contributed by atoms with Gasteiger partial charge >= 0.3 is 0 Å². The topological polar surface area (TPSA) is 108 Å². The van der Waals surface area contributed by atoms with Crippen molar-refractivity contribution in [3.05, 3.63) is 18.5 Å². The first kappa shape index (κ1) is 13.1. The van der Waals surface area contributed by atoms with Gasteiger partial charge in [0.2, 0.25) is 5.16 Å². The second-order valence-electron chi connectivity index (χ2n) is 4.77. The van der Waals surface area contributed by atoms with E-state index in [0.717, 1.165) is 0 Å². The predicted molar refractivity (Wildman–Crippen MR) is 68.5 cm³/mol. The van der Waals surface area contributed by atoms with E-state index in [-0.39, 0.29) is 24.9 Å². The summed E-state index contributed by atoms with van der Waals surface area (Å²) in [5.74, 6) is 0. The number of nitrogens with zero attached hydrogens (tertiary/aromatic N) is 6. The maximum absolute atomic E-state index is 9.78. The molecule has 0 aromatic carbocycles. The molecule has 2 aliphatic rings. The molecule has 2 fully saturated rings. The smallest absolute Gasteiger partial charge is 0.217 e. The Bertz CT molecular complexity index is 625. The number of rotatable bonds is 3. The number of aliphatic hydroxyl groups excluding tert-OH is 1. The SMILES string of the molecule is O[C@@H]1CO[C@H]2[C@H]1OC[C@H]2n1nnnc1Sc1ncccn1. The van der Waals surface area contributed by atoms with Crippen molar-refractivity contribution in [2.45, 2.75) is 34.7 Å². The largest absolute Gasteiger partial charge is 0.388 e. The quantitative estimate of drug-likeness (QED) is 0.737. The highest BCUT2D eigenvalue weighted by Crippen LogP contribution is 2.35. The van der Waals surface area contributed by atoms with Gasteiger partial charge in [0.05, 0.1) is 13.2 Å². The van der Waals surface area contributed by atoms with E-state index < -0.39 is 6.10 Å². The van der Waals surface area contributed by atoms with Crippen molar-refractivity contribution in [2.75, 3.05) is 13.2 Å². The normalized spacial score (nSPS) is 31.5. The van der Waals surface area contributed by atoms with Crippen molar-refractivity contribution in [3.63, 3.8) is 0 Å². The van der Waals surface area contributed by atoms with Crippen LogP contribution in [0.4, 0.5) is 0 Å². The molecule has 0 aliphatic carbocycles. The minimum atomic E-state index is -0.593. The van der Waals surface area contributed by atoms with Crippen LogP contribution in [0.5, 0.6) is 0 Å². The van der Waals surface area contributed by atoms with E-state index >= 15 is 0 Å². The summed E-state index contributed by atoms with van der Waals surface area (Å²) < 4.78 is 12.9. The summed E-state index contributed by atoms with van der Waals surface area (Å²) in [6.07, 6.45) is 2.18. The van der Waals surface area contributed by atoms with Crippen LogP contribution in [0.25, 0.3) is 0 Å². The van der Waals surface area contributed by atoms with Crippen LogP contribution in [-0.4, -0.2) is 66.8 Å². The van der Waals surface area contributed by atoms with E-state index in [1.54, 1.807) is 23.1 Å². The monoisotopic (exact) mass is 308 g/mol. The van der Waals surface area contributed by atoms with Gasteiger partial charge in [-0.3, -0.25) is 0 Å². The summed E-state index contributed by atoms with van der Waals surface area (Å²) in [4.78, 5) is 8.28. The van der Waals surface area contributed by atoms with Crippen LogP contribution in [0.2, 0.25) is 0 Å². The number of hydrogen-bond donors (Lipinski definition) is 1. The van der Waals surface area contributed by atoms with Crippen LogP contribution in [-0.2, 0) is 9.47 Å². The Morgan fingerprint density at radius 2 is 2.00 bits per heavy atom. The third-order valence-electron chi connectivity index (χ3n) is 3.50. The first-order valence-corrected chi connectivity index (χ1v) is 7.28. The van der Waals surface area contributed by atoms with Crippen molar-refractivity contribution in [1.82, 2.24) is 30.2 Å².